The smallest absolute Gasteiger partial charge is 0.413 e. The van der Waals surface area contributed by atoms with E-state index in [4.69, 9.17) is 24.9 Å². The Bertz CT molecular complexity index is 1770. The highest BCUT2D eigenvalue weighted by atomic mass is 32.2. The largest absolute Gasteiger partial charge is 0.457 e. The number of amides is 4. The van der Waals surface area contributed by atoms with E-state index in [1.54, 1.807) is 62.3 Å². The van der Waals surface area contributed by atoms with Gasteiger partial charge in [-0.1, -0.05) is 5.16 Å². The van der Waals surface area contributed by atoms with Gasteiger partial charge in [0.1, 0.15) is 28.5 Å². The van der Waals surface area contributed by atoms with Crippen LogP contribution in [0.2, 0.25) is 0 Å². The molecule has 1 aliphatic heterocycles. The molecule has 2 rings (SSSR count). The van der Waals surface area contributed by atoms with Crippen molar-refractivity contribution in [1.82, 2.24) is 19.9 Å². The van der Waals surface area contributed by atoms with Crippen LogP contribution >= 0.6 is 11.3 Å². The molecule has 0 radical (unpaired) electrons. The molecule has 6 N–H and O–H groups in total. The van der Waals surface area contributed by atoms with Gasteiger partial charge in [0.25, 0.3) is 11.8 Å². The number of alkyl carbamates (subject to hydrolysis) is 1. The Morgan fingerprint density at radius 2 is 1.56 bits per heavy atom. The molecule has 0 unspecified atom stereocenters. The van der Waals surface area contributed by atoms with E-state index >= 15 is 0 Å². The number of aromatic nitrogens is 1. The zero-order valence-corrected chi connectivity index (χ0v) is 33.6. The van der Waals surface area contributed by atoms with Crippen LogP contribution in [0.4, 0.5) is 14.7 Å². The second kappa shape index (κ2) is 17.5. The molecule has 1 saturated heterocycles. The van der Waals surface area contributed by atoms with Crippen LogP contribution in [0.5, 0.6) is 0 Å². The SMILES string of the molecule is CC(C)(C)OC(=O)NCCC(C=NC[C@@H]1[C@H](NC(=O)/C(=N\OC(C)(C)C(=O)OC(C)(C)C)c2csc(NC(=O)OC(C)(C)C)n2)C(=O)N1S(=O)(=O)O)=NN. The van der Waals surface area contributed by atoms with Gasteiger partial charge < -0.3 is 35.5 Å². The number of hydrogen-bond acceptors (Lipinski definition) is 17. The van der Waals surface area contributed by atoms with Gasteiger partial charge in [0.05, 0.1) is 18.3 Å². The zero-order chi connectivity index (χ0) is 41.4. The number of hydrogen-bond donors (Lipinski definition) is 5. The van der Waals surface area contributed by atoms with Gasteiger partial charge in [-0.25, -0.2) is 23.7 Å². The maximum Gasteiger partial charge on any atom is 0.413 e. The summed E-state index contributed by atoms with van der Waals surface area (Å²) in [6.45, 7) is 17.2. The summed E-state index contributed by atoms with van der Waals surface area (Å²) in [6.07, 6.45) is -0.275. The van der Waals surface area contributed by atoms with E-state index in [1.807, 2.05) is 0 Å². The summed E-state index contributed by atoms with van der Waals surface area (Å²) >= 11 is 0.876. The molecule has 1 aliphatic rings. The summed E-state index contributed by atoms with van der Waals surface area (Å²) in [5.74, 6) is 2.26. The molecule has 0 spiro atoms. The maximum absolute atomic E-state index is 13.7. The Morgan fingerprint density at radius 1 is 0.981 bits per heavy atom. The molecule has 302 valence electrons. The van der Waals surface area contributed by atoms with E-state index in [1.165, 1.54) is 19.2 Å². The third-order valence-corrected chi connectivity index (χ3v) is 7.98. The number of thiazole rings is 1. The maximum atomic E-state index is 13.7. The third kappa shape index (κ3) is 14.5. The summed E-state index contributed by atoms with van der Waals surface area (Å²) in [5, 5.41) is 16.0. The van der Waals surface area contributed by atoms with E-state index in [0.717, 1.165) is 17.6 Å². The number of aliphatic imine (C=N–C) groups is 1. The number of rotatable bonds is 14. The van der Waals surface area contributed by atoms with Gasteiger partial charge in [-0.05, 0) is 76.2 Å². The summed E-state index contributed by atoms with van der Waals surface area (Å²) in [5.41, 5.74) is -4.80. The Labute approximate surface area is 317 Å². The van der Waals surface area contributed by atoms with Gasteiger partial charge in [-0.2, -0.15) is 13.5 Å². The van der Waals surface area contributed by atoms with E-state index < -0.39 is 87.0 Å². The average Bonchev–Trinajstić information content (AvgIpc) is 3.42. The van der Waals surface area contributed by atoms with Crippen molar-refractivity contribution in [3.05, 3.63) is 11.1 Å². The van der Waals surface area contributed by atoms with Crippen molar-refractivity contribution in [3.8, 4) is 0 Å². The summed E-state index contributed by atoms with van der Waals surface area (Å²) in [4.78, 5) is 77.5. The lowest BCUT2D eigenvalue weighted by Gasteiger charge is -2.43. The number of β-lactam (4-membered cyclic amide) rings is 1. The Kier molecular flexibility index (Phi) is 14.7. The number of ether oxygens (including phenoxy) is 3. The van der Waals surface area contributed by atoms with Crippen LogP contribution in [0.15, 0.2) is 20.6 Å². The number of nitrogens with zero attached hydrogens (tertiary/aromatic N) is 5. The highest BCUT2D eigenvalue weighted by molar-refractivity contribution is 7.84. The fraction of sp³-hybridized carbons (Fsp3) is 0.645. The van der Waals surface area contributed by atoms with Gasteiger partial charge in [0, 0.05) is 24.6 Å². The first-order valence-electron chi connectivity index (χ1n) is 16.3. The minimum atomic E-state index is -5.10. The number of oxime groups is 1. The van der Waals surface area contributed by atoms with Crippen molar-refractivity contribution in [3.63, 3.8) is 0 Å². The number of carbonyl (C=O) groups excluding carboxylic acids is 5. The highest BCUT2D eigenvalue weighted by Gasteiger charge is 2.54. The number of nitrogens with two attached hydrogens (primary N) is 1. The van der Waals surface area contributed by atoms with Crippen LogP contribution in [0.25, 0.3) is 0 Å². The summed E-state index contributed by atoms with van der Waals surface area (Å²) in [6, 6.07) is -3.02. The van der Waals surface area contributed by atoms with Crippen molar-refractivity contribution < 1.29 is 56.0 Å². The fourth-order valence-corrected chi connectivity index (χ4v) is 5.57. The van der Waals surface area contributed by atoms with Gasteiger partial charge >= 0.3 is 28.5 Å². The van der Waals surface area contributed by atoms with Crippen LogP contribution in [0, 0.1) is 0 Å². The molecule has 0 aliphatic carbocycles. The lowest BCUT2D eigenvalue weighted by atomic mass is 9.98. The van der Waals surface area contributed by atoms with Gasteiger partial charge in [-0.15, -0.1) is 11.3 Å². The molecule has 54 heavy (non-hydrogen) atoms. The Morgan fingerprint density at radius 3 is 2.09 bits per heavy atom. The van der Waals surface area contributed by atoms with Crippen molar-refractivity contribution in [2.75, 3.05) is 18.4 Å². The second-order valence-electron chi connectivity index (χ2n) is 15.1. The van der Waals surface area contributed by atoms with E-state index in [9.17, 15) is 36.9 Å². The molecule has 0 bridgehead atoms. The minimum absolute atomic E-state index is 0.0192. The van der Waals surface area contributed by atoms with Crippen molar-refractivity contribution in [1.29, 1.82) is 0 Å². The third-order valence-electron chi connectivity index (χ3n) is 6.28. The minimum Gasteiger partial charge on any atom is -0.457 e. The van der Waals surface area contributed by atoms with Crippen LogP contribution in [0.3, 0.4) is 0 Å². The quantitative estimate of drug-likeness (QED) is 0.0343. The molecule has 4 amide bonds. The van der Waals surface area contributed by atoms with Gasteiger partial charge in [0.2, 0.25) is 5.60 Å². The lowest BCUT2D eigenvalue weighted by molar-refractivity contribution is -0.179. The molecule has 23 heteroatoms. The van der Waals surface area contributed by atoms with E-state index in [0.29, 0.717) is 0 Å². The lowest BCUT2D eigenvalue weighted by Crippen LogP contribution is -2.73. The molecule has 1 fully saturated rings. The Hall–Kier alpha value is -4.90. The van der Waals surface area contributed by atoms with Crippen molar-refractivity contribution in [2.24, 2.45) is 21.1 Å². The average molecular weight is 804 g/mol. The first-order chi connectivity index (χ1) is 24.5. The summed E-state index contributed by atoms with van der Waals surface area (Å²) < 4.78 is 49.8. The number of esters is 1. The molecule has 1 aromatic heterocycles. The zero-order valence-electron chi connectivity index (χ0n) is 32.0. The predicted octanol–water partition coefficient (Wildman–Crippen LogP) is 2.13. The highest BCUT2D eigenvalue weighted by Crippen LogP contribution is 2.25. The number of hydrazone groups is 1. The molecule has 1 aromatic rings. The van der Waals surface area contributed by atoms with Gasteiger partial charge in [-0.3, -0.25) is 24.5 Å². The first kappa shape index (κ1) is 45.3. The van der Waals surface area contributed by atoms with Crippen LogP contribution in [-0.4, -0.2) is 117 Å². The molecule has 0 saturated carbocycles. The predicted molar refractivity (Wildman–Crippen MR) is 197 cm³/mol. The van der Waals surface area contributed by atoms with E-state index in [-0.39, 0.29) is 33.8 Å². The van der Waals surface area contributed by atoms with E-state index in [2.05, 4.69) is 36.2 Å². The number of anilines is 1. The van der Waals surface area contributed by atoms with Gasteiger partial charge in [0.15, 0.2) is 10.8 Å². The second-order valence-corrected chi connectivity index (χ2v) is 17.3. The molecule has 2 atom stereocenters. The standard InChI is InChI=1S/C31H49N9O12S2/c1-28(2,3)49-24(43)31(10,11)52-39-20(18-16-53-25(35-18)37-27(45)51-30(7,8)9)22(41)36-21-19(40(23(21)42)54(46,47)48)15-33-14-17(38-32)12-13-34-26(44)50-29(4,5)6/h14,16,19,21H,12-13,15,32H2,1-11H3,(H,34,44)(H,36,41)(H,35,37,45)(H,46,47,48)/b33-14?,38-17?,39-20-/t19-,21+/m1/s1. The van der Waals surface area contributed by atoms with Crippen LogP contribution in [-0.2, 0) is 43.7 Å². The monoisotopic (exact) mass is 803 g/mol. The topological polar surface area (TPSA) is 292 Å². The summed E-state index contributed by atoms with van der Waals surface area (Å²) in [7, 11) is -5.10. The molecule has 2 heterocycles. The van der Waals surface area contributed by atoms with Crippen LogP contribution in [0.1, 0.15) is 88.3 Å². The molecule has 21 nitrogen and oxygen atoms in total. The molecular weight excluding hydrogens is 755 g/mol. The van der Waals surface area contributed by atoms with Crippen molar-refractivity contribution >= 4 is 74.4 Å². The Balaban J connectivity index is 2.36. The fourth-order valence-electron chi connectivity index (χ4n) is 4.02. The first-order valence-corrected chi connectivity index (χ1v) is 18.6. The normalized spacial score (nSPS) is 17.4. The molecule has 0 aromatic carbocycles. The number of carbonyl (C=O) groups is 5. The molecular formula is C31H49N9O12S2. The number of nitrogens with one attached hydrogen (secondary N) is 3. The van der Waals surface area contributed by atoms with Crippen LogP contribution < -0.4 is 21.8 Å². The van der Waals surface area contributed by atoms with Crippen molar-refractivity contribution in [2.45, 2.75) is 117 Å².